The molecule has 36 heavy (non-hydrogen) atoms. The minimum Gasteiger partial charge on any atom is -0.497 e. The summed E-state index contributed by atoms with van der Waals surface area (Å²) in [5.41, 5.74) is 1.49. The Hall–Kier alpha value is -3.43. The van der Waals surface area contributed by atoms with E-state index < -0.39 is 0 Å². The van der Waals surface area contributed by atoms with Gasteiger partial charge in [0.15, 0.2) is 0 Å². The number of nitrogens with zero attached hydrogens (tertiary/aromatic N) is 2. The SMILES string of the molecule is COCCN(CC(=O)N1CCc2sccc2[C@H]1COc1cccc(F)c1)C(=O)c1ccc(OC)cc1. The second-order valence-corrected chi connectivity index (χ2v) is 9.37. The number of methoxy groups -OCH3 is 2. The Balaban J connectivity index is 1.51. The highest BCUT2D eigenvalue weighted by Gasteiger charge is 2.33. The number of amides is 2. The Bertz CT molecular complexity index is 1180. The molecule has 0 bridgehead atoms. The van der Waals surface area contributed by atoms with Crippen molar-refractivity contribution in [2.24, 2.45) is 0 Å². The summed E-state index contributed by atoms with van der Waals surface area (Å²) in [4.78, 5) is 31.3. The van der Waals surface area contributed by atoms with E-state index in [0.717, 1.165) is 12.0 Å². The van der Waals surface area contributed by atoms with Gasteiger partial charge < -0.3 is 24.0 Å². The van der Waals surface area contributed by atoms with Crippen LogP contribution in [0.2, 0.25) is 0 Å². The summed E-state index contributed by atoms with van der Waals surface area (Å²) in [7, 11) is 3.12. The molecule has 4 rings (SSSR count). The summed E-state index contributed by atoms with van der Waals surface area (Å²) in [5.74, 6) is 0.223. The molecule has 0 radical (unpaired) electrons. The molecule has 1 aliphatic rings. The molecule has 0 N–H and O–H groups in total. The Morgan fingerprint density at radius 2 is 1.92 bits per heavy atom. The molecule has 0 saturated heterocycles. The van der Waals surface area contributed by atoms with Gasteiger partial charge in [0.25, 0.3) is 5.91 Å². The largest absolute Gasteiger partial charge is 0.497 e. The number of carbonyl (C=O) groups is 2. The van der Waals surface area contributed by atoms with Crippen LogP contribution in [0, 0.1) is 5.82 Å². The number of benzene rings is 2. The van der Waals surface area contributed by atoms with Gasteiger partial charge in [-0.05, 0) is 59.8 Å². The smallest absolute Gasteiger partial charge is 0.254 e. The number of ether oxygens (including phenoxy) is 3. The lowest BCUT2D eigenvalue weighted by Gasteiger charge is -2.37. The van der Waals surface area contributed by atoms with Crippen molar-refractivity contribution in [2.75, 3.05) is 47.1 Å². The molecule has 2 amide bonds. The Morgan fingerprint density at radius 3 is 2.64 bits per heavy atom. The first kappa shape index (κ1) is 25.7. The van der Waals surface area contributed by atoms with E-state index in [1.807, 2.05) is 11.4 Å². The van der Waals surface area contributed by atoms with Gasteiger partial charge in [-0.2, -0.15) is 0 Å². The second kappa shape index (κ2) is 12.0. The van der Waals surface area contributed by atoms with E-state index in [0.29, 0.717) is 30.2 Å². The predicted molar refractivity (Wildman–Crippen MR) is 135 cm³/mol. The van der Waals surface area contributed by atoms with Crippen molar-refractivity contribution < 1.29 is 28.2 Å². The second-order valence-electron chi connectivity index (χ2n) is 8.37. The van der Waals surface area contributed by atoms with E-state index in [2.05, 4.69) is 0 Å². The molecule has 0 aliphatic carbocycles. The van der Waals surface area contributed by atoms with Crippen LogP contribution < -0.4 is 9.47 Å². The lowest BCUT2D eigenvalue weighted by atomic mass is 10.0. The van der Waals surface area contributed by atoms with Gasteiger partial charge in [-0.15, -0.1) is 11.3 Å². The summed E-state index contributed by atoms with van der Waals surface area (Å²) < 4.78 is 29.9. The van der Waals surface area contributed by atoms with Crippen molar-refractivity contribution in [2.45, 2.75) is 12.5 Å². The van der Waals surface area contributed by atoms with E-state index >= 15 is 0 Å². The van der Waals surface area contributed by atoms with Crippen LogP contribution in [-0.2, 0) is 16.0 Å². The van der Waals surface area contributed by atoms with Gasteiger partial charge in [-0.3, -0.25) is 9.59 Å². The normalized spacial score (nSPS) is 14.8. The molecule has 0 unspecified atom stereocenters. The van der Waals surface area contributed by atoms with Crippen LogP contribution in [-0.4, -0.2) is 68.7 Å². The molecule has 1 aromatic heterocycles. The molecule has 190 valence electrons. The minimum absolute atomic E-state index is 0.0931. The average Bonchev–Trinajstić information content (AvgIpc) is 3.38. The van der Waals surface area contributed by atoms with Crippen LogP contribution in [0.5, 0.6) is 11.5 Å². The zero-order chi connectivity index (χ0) is 25.5. The third-order valence-electron chi connectivity index (χ3n) is 6.13. The summed E-state index contributed by atoms with van der Waals surface area (Å²) in [6.45, 7) is 1.18. The maximum atomic E-state index is 13.6. The highest BCUT2D eigenvalue weighted by molar-refractivity contribution is 7.10. The van der Waals surface area contributed by atoms with Crippen molar-refractivity contribution in [3.63, 3.8) is 0 Å². The van der Waals surface area contributed by atoms with Crippen LogP contribution in [0.1, 0.15) is 26.8 Å². The monoisotopic (exact) mass is 512 g/mol. The predicted octanol–water partition coefficient (Wildman–Crippen LogP) is 4.19. The van der Waals surface area contributed by atoms with Crippen molar-refractivity contribution in [3.05, 3.63) is 81.8 Å². The third kappa shape index (κ3) is 6.03. The number of halogens is 1. The topological polar surface area (TPSA) is 68.3 Å². The first-order valence-electron chi connectivity index (χ1n) is 11.7. The molecule has 1 aliphatic heterocycles. The minimum atomic E-state index is -0.383. The molecule has 9 heteroatoms. The lowest BCUT2D eigenvalue weighted by Crippen LogP contribution is -2.48. The maximum absolute atomic E-state index is 13.6. The molecular weight excluding hydrogens is 483 g/mol. The summed E-state index contributed by atoms with van der Waals surface area (Å²) in [6.07, 6.45) is 0.736. The highest BCUT2D eigenvalue weighted by Crippen LogP contribution is 2.34. The summed E-state index contributed by atoms with van der Waals surface area (Å²) in [5, 5.41) is 2.01. The Labute approximate surface area is 214 Å². The first-order chi connectivity index (χ1) is 17.5. The van der Waals surface area contributed by atoms with E-state index in [1.165, 1.54) is 21.9 Å². The average molecular weight is 513 g/mol. The first-order valence-corrected chi connectivity index (χ1v) is 12.5. The molecule has 7 nitrogen and oxygen atoms in total. The molecule has 1 atom stereocenters. The molecule has 3 aromatic rings. The summed E-state index contributed by atoms with van der Waals surface area (Å²) >= 11 is 1.65. The Kier molecular flexibility index (Phi) is 8.56. The lowest BCUT2D eigenvalue weighted by molar-refractivity contribution is -0.135. The van der Waals surface area contributed by atoms with Crippen molar-refractivity contribution in [1.82, 2.24) is 9.80 Å². The zero-order valence-corrected chi connectivity index (χ0v) is 21.1. The standard InChI is InChI=1S/C27H29FN2O5S/c1-33-14-13-29(27(32)19-6-8-21(34-2)9-7-19)17-26(31)30-12-10-25-23(11-15-36-25)24(30)18-35-22-5-3-4-20(28)16-22/h3-9,11,15-16,24H,10,12-14,17-18H2,1-2H3/t24-/m1/s1. The fourth-order valence-electron chi connectivity index (χ4n) is 4.23. The van der Waals surface area contributed by atoms with E-state index in [4.69, 9.17) is 14.2 Å². The van der Waals surface area contributed by atoms with E-state index in [9.17, 15) is 14.0 Å². The summed E-state index contributed by atoms with van der Waals surface area (Å²) in [6, 6.07) is 14.4. The fourth-order valence-corrected chi connectivity index (χ4v) is 5.16. The molecule has 2 heterocycles. The number of thiophene rings is 1. The fraction of sp³-hybridized carbons (Fsp3) is 0.333. The van der Waals surface area contributed by atoms with Gasteiger partial charge in [0.2, 0.25) is 5.91 Å². The van der Waals surface area contributed by atoms with Crippen LogP contribution in [0.15, 0.2) is 60.0 Å². The van der Waals surface area contributed by atoms with Crippen molar-refractivity contribution in [3.8, 4) is 11.5 Å². The van der Waals surface area contributed by atoms with Gasteiger partial charge in [-0.25, -0.2) is 4.39 Å². The molecule has 0 saturated carbocycles. The van der Waals surface area contributed by atoms with Crippen LogP contribution in [0.25, 0.3) is 0 Å². The number of hydrogen-bond acceptors (Lipinski definition) is 6. The van der Waals surface area contributed by atoms with Gasteiger partial charge >= 0.3 is 0 Å². The van der Waals surface area contributed by atoms with E-state index in [1.54, 1.807) is 66.9 Å². The van der Waals surface area contributed by atoms with Gasteiger partial charge in [0.05, 0.1) is 19.8 Å². The third-order valence-corrected chi connectivity index (χ3v) is 7.13. The molecule has 0 fully saturated rings. The van der Waals surface area contributed by atoms with Crippen LogP contribution in [0.3, 0.4) is 0 Å². The van der Waals surface area contributed by atoms with Gasteiger partial charge in [-0.1, -0.05) is 6.07 Å². The van der Waals surface area contributed by atoms with E-state index in [-0.39, 0.29) is 43.4 Å². The van der Waals surface area contributed by atoms with Crippen molar-refractivity contribution >= 4 is 23.2 Å². The number of carbonyl (C=O) groups excluding carboxylic acids is 2. The molecule has 2 aromatic carbocycles. The zero-order valence-electron chi connectivity index (χ0n) is 20.3. The molecule has 0 spiro atoms. The Morgan fingerprint density at radius 1 is 1.11 bits per heavy atom. The maximum Gasteiger partial charge on any atom is 0.254 e. The van der Waals surface area contributed by atoms with Crippen LogP contribution >= 0.6 is 11.3 Å². The van der Waals surface area contributed by atoms with Crippen molar-refractivity contribution in [1.29, 1.82) is 0 Å². The number of fused-ring (bicyclic) bond motifs is 1. The quantitative estimate of drug-likeness (QED) is 0.408. The van der Waals surface area contributed by atoms with Gasteiger partial charge in [0.1, 0.15) is 30.5 Å². The number of hydrogen-bond donors (Lipinski definition) is 0. The van der Waals surface area contributed by atoms with Gasteiger partial charge in [0, 0.05) is 36.7 Å². The number of rotatable bonds is 10. The highest BCUT2D eigenvalue weighted by atomic mass is 32.1. The molecular formula is C27H29FN2O5S. The van der Waals surface area contributed by atoms with Crippen LogP contribution in [0.4, 0.5) is 4.39 Å².